The highest BCUT2D eigenvalue weighted by molar-refractivity contribution is 6.40. The third kappa shape index (κ3) is 3.80. The normalized spacial score (nSPS) is 11.7. The van der Waals surface area contributed by atoms with Gasteiger partial charge in [-0.1, -0.05) is 72.8 Å². The average molecular weight is 634 g/mol. The lowest BCUT2D eigenvalue weighted by atomic mass is 9.79. The number of benzene rings is 7. The van der Waals surface area contributed by atoms with Crippen LogP contribution in [0.3, 0.4) is 0 Å². The molecule has 48 heavy (non-hydrogen) atoms. The molecule has 232 valence electrons. The van der Waals surface area contributed by atoms with E-state index in [1.54, 1.807) is 24.3 Å². The van der Waals surface area contributed by atoms with Crippen LogP contribution < -0.4 is 5.46 Å². The van der Waals surface area contributed by atoms with Crippen molar-refractivity contribution in [1.82, 2.24) is 0 Å². The van der Waals surface area contributed by atoms with Crippen LogP contribution in [0.15, 0.2) is 95.4 Å². The molecule has 0 atom stereocenters. The lowest BCUT2D eigenvalue weighted by molar-refractivity contribution is 0.329. The van der Waals surface area contributed by atoms with Crippen LogP contribution in [0.25, 0.3) is 76.9 Å². The molecule has 0 spiro atoms. The highest BCUT2D eigenvalue weighted by atomic mass is 16.4. The topological polar surface area (TPSA) is 175 Å². The van der Waals surface area contributed by atoms with Gasteiger partial charge >= 0.3 is 0 Å². The minimum atomic E-state index is -1.22. The van der Waals surface area contributed by atoms with Crippen molar-refractivity contribution in [3.05, 3.63) is 91.0 Å². The zero-order valence-corrected chi connectivity index (χ0v) is 24.7. The van der Waals surface area contributed by atoms with Gasteiger partial charge in [0.1, 0.15) is 24.8 Å². The summed E-state index contributed by atoms with van der Waals surface area (Å²) in [4.78, 5) is 0. The van der Waals surface area contributed by atoms with E-state index in [0.29, 0.717) is 10.8 Å². The quantitative estimate of drug-likeness (QED) is 0.0428. The van der Waals surface area contributed by atoms with Gasteiger partial charge in [0.25, 0.3) is 0 Å². The van der Waals surface area contributed by atoms with Crippen molar-refractivity contribution in [3.8, 4) is 79.4 Å². The van der Waals surface area contributed by atoms with Crippen LogP contribution in [-0.4, -0.2) is 48.7 Å². The number of phenols is 8. The van der Waals surface area contributed by atoms with Gasteiger partial charge in [-0.2, -0.15) is 0 Å². The number of furan rings is 1. The van der Waals surface area contributed by atoms with E-state index in [0.717, 1.165) is 43.8 Å². The zero-order chi connectivity index (χ0) is 33.6. The van der Waals surface area contributed by atoms with Crippen LogP contribution in [0.5, 0.6) is 46.0 Å². The zero-order valence-electron chi connectivity index (χ0n) is 24.7. The largest absolute Gasteiger partial charge is 0.507 e. The number of hydrogen-bond acceptors (Lipinski definition) is 9. The van der Waals surface area contributed by atoms with E-state index < -0.39 is 62.6 Å². The van der Waals surface area contributed by atoms with Gasteiger partial charge in [-0.05, 0) is 56.3 Å². The Morgan fingerprint density at radius 1 is 0.354 bits per heavy atom. The Hall–Kier alpha value is -6.68. The summed E-state index contributed by atoms with van der Waals surface area (Å²) in [5.74, 6) is -8.43. The Morgan fingerprint density at radius 2 is 0.792 bits per heavy atom. The number of rotatable bonds is 3. The summed E-state index contributed by atoms with van der Waals surface area (Å²) in [6, 6.07) is 28.2. The second kappa shape index (κ2) is 10.2. The van der Waals surface area contributed by atoms with E-state index in [9.17, 15) is 40.9 Å². The van der Waals surface area contributed by atoms with Gasteiger partial charge in [0.15, 0.2) is 23.0 Å². The second-order valence-electron chi connectivity index (χ2n) is 11.5. The molecular weight excluding hydrogens is 611 g/mol. The Bertz CT molecular complexity index is 2590. The molecule has 0 unspecified atom stereocenters. The Kier molecular flexibility index (Phi) is 6.09. The smallest absolute Gasteiger partial charge is 0.208 e. The fraction of sp³-hybridized carbons (Fsp3) is 0. The first-order valence-electron chi connectivity index (χ1n) is 14.7. The third-order valence-corrected chi connectivity index (χ3v) is 8.93. The molecule has 0 saturated heterocycles. The van der Waals surface area contributed by atoms with Crippen LogP contribution in [0.4, 0.5) is 0 Å². The summed E-state index contributed by atoms with van der Waals surface area (Å²) < 4.78 is 6.06. The molecular formula is C38H23BO9. The van der Waals surface area contributed by atoms with Crippen molar-refractivity contribution in [1.29, 1.82) is 0 Å². The molecule has 0 aliphatic rings. The molecule has 0 fully saturated rings. The summed E-state index contributed by atoms with van der Waals surface area (Å²) in [6.07, 6.45) is 0. The Morgan fingerprint density at radius 3 is 1.38 bits per heavy atom. The molecule has 7 aromatic carbocycles. The number of phenolic OH excluding ortho intramolecular Hbond substituents is 8. The molecule has 0 bridgehead atoms. The van der Waals surface area contributed by atoms with Crippen molar-refractivity contribution in [2.75, 3.05) is 0 Å². The number of hydrogen-bond donors (Lipinski definition) is 8. The molecule has 0 saturated carbocycles. The van der Waals surface area contributed by atoms with Gasteiger partial charge in [-0.3, -0.25) is 0 Å². The SMILES string of the molecule is [B]c1c(O)c(O)c(-c2c3ccccc3c(-c3ccc4oc5ccccc5c4c3)c3ccccc23)c(O)c1-c1c(O)c(O)c(O)c(O)c1O. The third-order valence-electron chi connectivity index (χ3n) is 8.93. The lowest BCUT2D eigenvalue weighted by Crippen LogP contribution is -2.10. The van der Waals surface area contributed by atoms with Crippen molar-refractivity contribution in [2.24, 2.45) is 0 Å². The molecule has 9 nitrogen and oxygen atoms in total. The molecule has 10 heteroatoms. The Labute approximate surface area is 272 Å². The van der Waals surface area contributed by atoms with Crippen LogP contribution in [0.2, 0.25) is 0 Å². The van der Waals surface area contributed by atoms with E-state index in [1.807, 2.05) is 66.7 Å². The van der Waals surface area contributed by atoms with Gasteiger partial charge in [0.2, 0.25) is 17.2 Å². The van der Waals surface area contributed by atoms with Gasteiger partial charge in [0.05, 0.1) is 11.1 Å². The van der Waals surface area contributed by atoms with Crippen LogP contribution in [-0.2, 0) is 0 Å². The standard InChI is InChI=1S/C38H23BO9/c39-30-27(29-33(42)36(45)38(47)37(46)34(29)43)31(40)28(32(41)35(30)44)26-20-10-3-1-8-18(20)25(19-9-2-4-11-21(19)26)16-13-14-24-22(15-16)17-7-5-6-12-23(17)48-24/h1-15,40-47H. The first-order chi connectivity index (χ1) is 23.1. The average Bonchev–Trinajstić information content (AvgIpc) is 3.48. The van der Waals surface area contributed by atoms with Crippen molar-refractivity contribution < 1.29 is 45.3 Å². The molecule has 1 aromatic heterocycles. The lowest BCUT2D eigenvalue weighted by Gasteiger charge is -2.23. The fourth-order valence-electron chi connectivity index (χ4n) is 6.73. The number of fused-ring (bicyclic) bond motifs is 5. The maximum Gasteiger partial charge on any atom is 0.208 e. The first-order valence-corrected chi connectivity index (χ1v) is 14.7. The van der Waals surface area contributed by atoms with Crippen LogP contribution >= 0.6 is 0 Å². The summed E-state index contributed by atoms with van der Waals surface area (Å²) in [5, 5.41) is 90.8. The maximum absolute atomic E-state index is 11.9. The number of para-hydroxylation sites is 1. The van der Waals surface area contributed by atoms with E-state index in [4.69, 9.17) is 12.3 Å². The number of aromatic hydroxyl groups is 8. The summed E-state index contributed by atoms with van der Waals surface area (Å²) in [6.45, 7) is 0. The predicted octanol–water partition coefficient (Wildman–Crippen LogP) is 7.33. The van der Waals surface area contributed by atoms with E-state index >= 15 is 0 Å². The minimum Gasteiger partial charge on any atom is -0.507 e. The molecule has 2 radical (unpaired) electrons. The van der Waals surface area contributed by atoms with Crippen molar-refractivity contribution in [2.45, 2.75) is 0 Å². The summed E-state index contributed by atoms with van der Waals surface area (Å²) in [5.41, 5.74) is 1.07. The maximum atomic E-state index is 11.9. The molecule has 1 heterocycles. The predicted molar refractivity (Wildman–Crippen MR) is 184 cm³/mol. The molecule has 8 rings (SSSR count). The molecule has 0 aliphatic carbocycles. The minimum absolute atomic E-state index is 0.276. The first kappa shape index (κ1) is 28.8. The van der Waals surface area contributed by atoms with E-state index in [1.165, 1.54) is 0 Å². The van der Waals surface area contributed by atoms with Crippen LogP contribution in [0, 0.1) is 0 Å². The van der Waals surface area contributed by atoms with Gasteiger partial charge < -0.3 is 45.3 Å². The molecule has 8 aromatic rings. The van der Waals surface area contributed by atoms with Crippen LogP contribution in [0.1, 0.15) is 0 Å². The Balaban J connectivity index is 1.50. The van der Waals surface area contributed by atoms with E-state index in [-0.39, 0.29) is 11.1 Å². The highest BCUT2D eigenvalue weighted by Gasteiger charge is 2.32. The van der Waals surface area contributed by atoms with Crippen molar-refractivity contribution in [3.63, 3.8) is 0 Å². The van der Waals surface area contributed by atoms with E-state index in [2.05, 4.69) is 0 Å². The summed E-state index contributed by atoms with van der Waals surface area (Å²) >= 11 is 0. The van der Waals surface area contributed by atoms with Gasteiger partial charge in [-0.15, -0.1) is 0 Å². The fourth-order valence-corrected chi connectivity index (χ4v) is 6.73. The molecule has 0 aliphatic heterocycles. The van der Waals surface area contributed by atoms with Gasteiger partial charge in [0, 0.05) is 21.9 Å². The highest BCUT2D eigenvalue weighted by Crippen LogP contribution is 2.59. The second-order valence-corrected chi connectivity index (χ2v) is 11.5. The van der Waals surface area contributed by atoms with Gasteiger partial charge in [-0.25, -0.2) is 0 Å². The molecule has 0 amide bonds. The monoisotopic (exact) mass is 634 g/mol. The molecule has 8 N–H and O–H groups in total. The van der Waals surface area contributed by atoms with Crippen molar-refractivity contribution >= 4 is 56.8 Å². The summed E-state index contributed by atoms with van der Waals surface area (Å²) in [7, 11) is 6.11.